The molecule has 0 aliphatic heterocycles. The van der Waals surface area contributed by atoms with Gasteiger partial charge in [0, 0.05) is 41.8 Å². The van der Waals surface area contributed by atoms with Gasteiger partial charge in [-0.05, 0) is 32.8 Å². The van der Waals surface area contributed by atoms with Crippen LogP contribution in [0.25, 0.3) is 44.5 Å². The first-order valence-corrected chi connectivity index (χ1v) is 20.7. The van der Waals surface area contributed by atoms with E-state index < -0.39 is 91.0 Å². The van der Waals surface area contributed by atoms with E-state index in [-0.39, 0.29) is 11.1 Å². The highest BCUT2D eigenvalue weighted by Crippen LogP contribution is 2.54. The number of thiophene rings is 2. The van der Waals surface area contributed by atoms with Crippen molar-refractivity contribution < 1.29 is 43.9 Å². The Hall–Kier alpha value is -4.42. The third kappa shape index (κ3) is 8.56. The van der Waals surface area contributed by atoms with E-state index in [0.29, 0.717) is 32.0 Å². The summed E-state index contributed by atoms with van der Waals surface area (Å²) in [7, 11) is 0. The Morgan fingerprint density at radius 1 is 0.267 bits per heavy atom. The Bertz CT molecular complexity index is 2320. The summed E-state index contributed by atoms with van der Waals surface area (Å²) in [6.07, 6.45) is 0. The monoisotopic (exact) mass is 876 g/mol. The van der Waals surface area contributed by atoms with Gasteiger partial charge in [0.25, 0.3) is 0 Å². The van der Waals surface area contributed by atoms with Crippen LogP contribution < -0.4 is 0 Å². The maximum absolute atomic E-state index is 14.9. The maximum atomic E-state index is 14.9. The molecule has 60 heavy (non-hydrogen) atoms. The third-order valence-electron chi connectivity index (χ3n) is 9.59. The normalized spacial score (nSPS) is 12.5. The zero-order chi connectivity index (χ0) is 45.2. The highest BCUT2D eigenvalue weighted by molar-refractivity contribution is 7.14. The smallest absolute Gasteiger partial charge is 0.200 e. The van der Waals surface area contributed by atoms with Gasteiger partial charge >= 0.3 is 0 Å². The number of rotatable bonds is 4. The number of benzene rings is 4. The van der Waals surface area contributed by atoms with Gasteiger partial charge in [0.15, 0.2) is 46.5 Å². The summed E-state index contributed by atoms with van der Waals surface area (Å²) < 4.78 is 144. The van der Waals surface area contributed by atoms with Crippen molar-refractivity contribution in [2.75, 3.05) is 0 Å². The predicted octanol–water partition coefficient (Wildman–Crippen LogP) is 16.7. The topological polar surface area (TPSA) is 0 Å². The molecule has 2 aromatic heterocycles. The molecule has 0 fully saturated rings. The second kappa shape index (κ2) is 16.5. The van der Waals surface area contributed by atoms with Crippen LogP contribution in [-0.4, -0.2) is 0 Å². The molecule has 0 aliphatic carbocycles. The first-order chi connectivity index (χ1) is 27.5. The lowest BCUT2D eigenvalue weighted by molar-refractivity contribution is 0.381. The summed E-state index contributed by atoms with van der Waals surface area (Å²) >= 11 is 2.70. The Morgan fingerprint density at radius 2 is 0.467 bits per heavy atom. The molecule has 4 aromatic carbocycles. The van der Waals surface area contributed by atoms with Crippen LogP contribution >= 0.6 is 22.7 Å². The van der Waals surface area contributed by atoms with Gasteiger partial charge in [0.1, 0.15) is 0 Å². The van der Waals surface area contributed by atoms with E-state index in [1.807, 2.05) is 83.1 Å². The molecule has 0 atom stereocenters. The van der Waals surface area contributed by atoms with Gasteiger partial charge in [-0.25, -0.2) is 43.9 Å². The zero-order valence-electron chi connectivity index (χ0n) is 35.4. The van der Waals surface area contributed by atoms with Crippen molar-refractivity contribution >= 4 is 22.7 Å². The van der Waals surface area contributed by atoms with Crippen molar-refractivity contribution in [1.82, 2.24) is 0 Å². The standard InChI is InChI=1S/2C24H23F5S/c2*1-23(2,3)21-13(12-10-8-7-9-11-12)14(22(30-21)24(4,5)6)15-16(25)18(27)20(29)19(28)17(15)26/h2*7-11H,1-6H3. The molecule has 0 spiro atoms. The van der Waals surface area contributed by atoms with Gasteiger partial charge in [-0.15, -0.1) is 22.7 Å². The van der Waals surface area contributed by atoms with E-state index in [9.17, 15) is 43.9 Å². The van der Waals surface area contributed by atoms with Crippen LogP contribution in [0.15, 0.2) is 60.7 Å². The van der Waals surface area contributed by atoms with Crippen molar-refractivity contribution in [2.45, 2.75) is 105 Å². The lowest BCUT2D eigenvalue weighted by Gasteiger charge is -2.21. The lowest BCUT2D eigenvalue weighted by Crippen LogP contribution is -2.12. The van der Waals surface area contributed by atoms with Crippen molar-refractivity contribution in [3.05, 3.63) is 138 Å². The van der Waals surface area contributed by atoms with E-state index in [2.05, 4.69) is 0 Å². The average molecular weight is 877 g/mol. The SMILES string of the molecule is CC(C)(C)c1sc(C(C)(C)C)c(-c2c(F)c(F)c(F)c(F)c2F)c1-c1ccccc1.CC(C)(C)c1sc(C(C)(C)C)c(-c2c(F)c(F)c(F)c(F)c2F)c1-c1ccccc1. The molecular formula is C48H46F10S2. The molecule has 2 heterocycles. The second-order valence-corrected chi connectivity index (χ2v) is 20.7. The second-order valence-electron chi connectivity index (χ2n) is 18.6. The van der Waals surface area contributed by atoms with Crippen LogP contribution in [0.2, 0.25) is 0 Å². The molecule has 0 unspecified atom stereocenters. The quantitative estimate of drug-likeness (QED) is 0.0940. The largest absolute Gasteiger partial charge is 0.203 e. The van der Waals surface area contributed by atoms with Gasteiger partial charge in [-0.2, -0.15) is 0 Å². The molecule has 0 saturated heterocycles. The Labute approximate surface area is 352 Å². The molecule has 0 aliphatic rings. The summed E-state index contributed by atoms with van der Waals surface area (Å²) in [6.45, 7) is 22.9. The van der Waals surface area contributed by atoms with Crippen molar-refractivity contribution in [1.29, 1.82) is 0 Å². The van der Waals surface area contributed by atoms with Gasteiger partial charge in [0.2, 0.25) is 11.6 Å². The van der Waals surface area contributed by atoms with Crippen molar-refractivity contribution in [3.8, 4) is 44.5 Å². The van der Waals surface area contributed by atoms with Gasteiger partial charge in [-0.1, -0.05) is 144 Å². The summed E-state index contributed by atoms with van der Waals surface area (Å²) in [5, 5.41) is 0. The minimum Gasteiger partial charge on any atom is -0.203 e. The number of hydrogen-bond acceptors (Lipinski definition) is 2. The van der Waals surface area contributed by atoms with E-state index in [1.54, 1.807) is 60.7 Å². The summed E-state index contributed by atoms with van der Waals surface area (Å²) in [4.78, 5) is 2.76. The molecule has 0 bridgehead atoms. The highest BCUT2D eigenvalue weighted by Gasteiger charge is 2.39. The minimum atomic E-state index is -2.15. The summed E-state index contributed by atoms with van der Waals surface area (Å²) in [5.41, 5.74) is -1.31. The Balaban J connectivity index is 0.000000228. The van der Waals surface area contributed by atoms with E-state index in [0.717, 1.165) is 9.75 Å². The summed E-state index contributed by atoms with van der Waals surface area (Å²) in [6, 6.07) is 17.8. The molecule has 0 amide bonds. The first kappa shape index (κ1) is 46.6. The average Bonchev–Trinajstić information content (AvgIpc) is 3.78. The van der Waals surface area contributed by atoms with Crippen LogP contribution in [0.3, 0.4) is 0 Å². The van der Waals surface area contributed by atoms with Gasteiger partial charge < -0.3 is 0 Å². The molecule has 6 aromatic rings. The van der Waals surface area contributed by atoms with E-state index >= 15 is 0 Å². The zero-order valence-corrected chi connectivity index (χ0v) is 37.0. The van der Waals surface area contributed by atoms with Gasteiger partial charge in [-0.3, -0.25) is 0 Å². The molecule has 320 valence electrons. The molecule has 6 rings (SSSR count). The molecule has 0 nitrogen and oxygen atoms in total. The fourth-order valence-corrected chi connectivity index (χ4v) is 9.75. The van der Waals surface area contributed by atoms with Crippen molar-refractivity contribution in [2.24, 2.45) is 0 Å². The van der Waals surface area contributed by atoms with E-state index in [4.69, 9.17) is 0 Å². The fourth-order valence-electron chi connectivity index (χ4n) is 6.86. The minimum absolute atomic E-state index is 0.0661. The van der Waals surface area contributed by atoms with Gasteiger partial charge in [0.05, 0.1) is 11.1 Å². The fraction of sp³-hybridized carbons (Fsp3) is 0.333. The molecule has 0 N–H and O–H groups in total. The molecular weight excluding hydrogens is 831 g/mol. The number of halogens is 10. The molecule has 12 heteroatoms. The molecule has 0 saturated carbocycles. The van der Waals surface area contributed by atoms with Crippen LogP contribution in [0.1, 0.15) is 103 Å². The Kier molecular flexibility index (Phi) is 12.8. The van der Waals surface area contributed by atoms with Crippen LogP contribution in [0.5, 0.6) is 0 Å². The highest BCUT2D eigenvalue weighted by atomic mass is 32.1. The Morgan fingerprint density at radius 3 is 0.683 bits per heavy atom. The third-order valence-corrected chi connectivity index (χ3v) is 13.7. The summed E-state index contributed by atoms with van der Waals surface area (Å²) in [5.74, 6) is -19.3. The van der Waals surface area contributed by atoms with Crippen molar-refractivity contribution in [3.63, 3.8) is 0 Å². The first-order valence-electron chi connectivity index (χ1n) is 19.0. The number of hydrogen-bond donors (Lipinski definition) is 0. The maximum Gasteiger partial charge on any atom is 0.200 e. The van der Waals surface area contributed by atoms with Crippen LogP contribution in [0.4, 0.5) is 43.9 Å². The van der Waals surface area contributed by atoms with E-state index in [1.165, 1.54) is 22.7 Å². The van der Waals surface area contributed by atoms with Crippen LogP contribution in [0, 0.1) is 58.2 Å². The lowest BCUT2D eigenvalue weighted by atomic mass is 9.82. The molecule has 0 radical (unpaired) electrons. The van der Waals surface area contributed by atoms with Crippen LogP contribution in [-0.2, 0) is 21.7 Å². The predicted molar refractivity (Wildman–Crippen MR) is 225 cm³/mol.